The quantitative estimate of drug-likeness (QED) is 0.258. The molecule has 1 N–H and O–H groups in total. The molecule has 2 atom stereocenters. The van der Waals surface area contributed by atoms with Gasteiger partial charge in [0.15, 0.2) is 0 Å². The van der Waals surface area contributed by atoms with Gasteiger partial charge in [-0.1, -0.05) is 68.4 Å². The molecule has 1 heterocycles. The molecule has 3 aromatic rings. The van der Waals surface area contributed by atoms with Gasteiger partial charge in [-0.25, -0.2) is 4.79 Å². The number of anilines is 1. The highest BCUT2D eigenvalue weighted by Crippen LogP contribution is 2.43. The molecule has 0 spiro atoms. The largest absolute Gasteiger partial charge is 0.755 e. The first-order chi connectivity index (χ1) is 17.0. The Morgan fingerprint density at radius 3 is 2.28 bits per heavy atom. The van der Waals surface area contributed by atoms with Crippen LogP contribution >= 0.6 is 11.3 Å². The van der Waals surface area contributed by atoms with Gasteiger partial charge in [-0.05, 0) is 55.9 Å². The minimum atomic E-state index is -2.40. The molecule has 3 rings (SSSR count). The molecule has 1 aromatic heterocycles. The monoisotopic (exact) mass is 527 g/mol. The van der Waals surface area contributed by atoms with Gasteiger partial charge in [0.1, 0.15) is 11.0 Å². The molecule has 0 aliphatic rings. The Kier molecular flexibility index (Phi) is 9.47. The fourth-order valence-electron chi connectivity index (χ4n) is 4.01. The minimum absolute atomic E-state index is 0.341. The average Bonchev–Trinajstić information content (AvgIpc) is 3.20. The Hall–Kier alpha value is -2.52. The third-order valence-corrected chi connectivity index (χ3v) is 7.95. The molecule has 6 nitrogen and oxygen atoms in total. The van der Waals surface area contributed by atoms with Gasteiger partial charge in [-0.2, -0.15) is 0 Å². The van der Waals surface area contributed by atoms with Gasteiger partial charge in [-0.15, -0.1) is 11.3 Å². The number of methoxy groups -OCH3 is 1. The number of hydrogen-bond donors (Lipinski definition) is 1. The van der Waals surface area contributed by atoms with E-state index in [4.69, 9.17) is 4.74 Å². The lowest BCUT2D eigenvalue weighted by Crippen LogP contribution is -2.42. The highest BCUT2D eigenvalue weighted by atomic mass is 32.2. The van der Waals surface area contributed by atoms with E-state index in [1.54, 1.807) is 0 Å². The van der Waals surface area contributed by atoms with Crippen LogP contribution in [-0.4, -0.2) is 27.4 Å². The van der Waals surface area contributed by atoms with Crippen molar-refractivity contribution >= 4 is 33.6 Å². The van der Waals surface area contributed by atoms with Crippen LogP contribution in [0, 0.1) is 5.92 Å². The van der Waals surface area contributed by atoms with Gasteiger partial charge in [0.2, 0.25) is 0 Å². The summed E-state index contributed by atoms with van der Waals surface area (Å²) in [4.78, 5) is 13.5. The van der Waals surface area contributed by atoms with Crippen LogP contribution in [0.4, 0.5) is 5.00 Å². The summed E-state index contributed by atoms with van der Waals surface area (Å²) >= 11 is -0.867. The number of ether oxygens (including phenoxy) is 1. The molecule has 0 fully saturated rings. The van der Waals surface area contributed by atoms with Crippen molar-refractivity contribution in [1.82, 2.24) is 5.32 Å². The van der Waals surface area contributed by atoms with Gasteiger partial charge in [0, 0.05) is 33.8 Å². The molecule has 0 radical (unpaired) electrons. The van der Waals surface area contributed by atoms with Crippen molar-refractivity contribution in [2.75, 3.05) is 11.4 Å². The summed E-state index contributed by atoms with van der Waals surface area (Å²) in [6.07, 6.45) is 0.886. The Labute approximate surface area is 221 Å². The number of carbonyl (C=O) groups is 1. The molecule has 0 saturated heterocycles. The highest BCUT2D eigenvalue weighted by molar-refractivity contribution is 7.81. The number of esters is 1. The molecule has 0 saturated carbocycles. The molecular formula is C28H35N2O4S2-. The zero-order chi connectivity index (χ0) is 26.5. The molecular weight excluding hydrogens is 492 g/mol. The fraction of sp³-hybridized carbons (Fsp3) is 0.393. The molecule has 194 valence electrons. The number of rotatable bonds is 10. The van der Waals surface area contributed by atoms with Crippen LogP contribution in [0.5, 0.6) is 0 Å². The third kappa shape index (κ3) is 7.03. The zero-order valence-corrected chi connectivity index (χ0v) is 23.4. The number of thiophene rings is 1. The van der Waals surface area contributed by atoms with Crippen LogP contribution in [0.2, 0.25) is 0 Å². The SMILES string of the molecule is COC(=O)[C@@H](NCc1ccc(-c2cc(CC(C)C)sc2N(S(=O)[O-])C(C)(C)C)cc1)c1ccccc1. The lowest BCUT2D eigenvalue weighted by Gasteiger charge is -2.38. The number of benzene rings is 2. The maximum Gasteiger partial charge on any atom is 0.327 e. The van der Waals surface area contributed by atoms with Crippen molar-refractivity contribution in [2.24, 2.45) is 5.92 Å². The predicted molar refractivity (Wildman–Crippen MR) is 147 cm³/mol. The number of nitrogens with zero attached hydrogens (tertiary/aromatic N) is 1. The van der Waals surface area contributed by atoms with Crippen LogP contribution in [0.1, 0.15) is 56.7 Å². The van der Waals surface area contributed by atoms with Gasteiger partial charge >= 0.3 is 5.97 Å². The summed E-state index contributed by atoms with van der Waals surface area (Å²) in [5.41, 5.74) is 3.11. The lowest BCUT2D eigenvalue weighted by atomic mass is 10.0. The normalized spacial score (nSPS) is 13.4. The van der Waals surface area contributed by atoms with Crippen molar-refractivity contribution in [3.05, 3.63) is 76.7 Å². The number of nitrogens with one attached hydrogen (secondary N) is 1. The lowest BCUT2D eigenvalue weighted by molar-refractivity contribution is -0.143. The third-order valence-electron chi connectivity index (χ3n) is 5.66. The molecule has 0 aliphatic heterocycles. The van der Waals surface area contributed by atoms with Crippen LogP contribution in [0.15, 0.2) is 60.7 Å². The van der Waals surface area contributed by atoms with Crippen molar-refractivity contribution in [1.29, 1.82) is 0 Å². The van der Waals surface area contributed by atoms with E-state index in [1.807, 2.05) is 75.4 Å². The molecule has 1 unspecified atom stereocenters. The van der Waals surface area contributed by atoms with Crippen LogP contribution in [0.25, 0.3) is 11.1 Å². The van der Waals surface area contributed by atoms with Crippen molar-refractivity contribution in [2.45, 2.75) is 59.2 Å². The van der Waals surface area contributed by atoms with E-state index in [-0.39, 0.29) is 5.97 Å². The van der Waals surface area contributed by atoms with E-state index in [9.17, 15) is 13.6 Å². The second-order valence-corrected chi connectivity index (χ2v) is 12.1. The second-order valence-electron chi connectivity index (χ2n) is 10.2. The predicted octanol–water partition coefficient (Wildman–Crippen LogP) is 6.02. The van der Waals surface area contributed by atoms with E-state index in [2.05, 4.69) is 25.2 Å². The zero-order valence-electron chi connectivity index (χ0n) is 21.7. The first-order valence-corrected chi connectivity index (χ1v) is 13.8. The first kappa shape index (κ1) is 28.1. The average molecular weight is 528 g/mol. The van der Waals surface area contributed by atoms with Gasteiger partial charge in [-0.3, -0.25) is 13.8 Å². The Balaban J connectivity index is 1.88. The summed E-state index contributed by atoms with van der Waals surface area (Å²) in [5.74, 6) is 0.123. The van der Waals surface area contributed by atoms with E-state index in [0.717, 1.165) is 38.6 Å². The van der Waals surface area contributed by atoms with Crippen molar-refractivity contribution < 1.29 is 18.3 Å². The summed E-state index contributed by atoms with van der Waals surface area (Å²) in [7, 11) is 1.39. The Morgan fingerprint density at radius 1 is 1.11 bits per heavy atom. The smallest absolute Gasteiger partial charge is 0.327 e. The standard InChI is InChI=1S/C28H36N2O4S2/c1-19(2)16-23-17-24(26(35-23)30(36(32)33)28(3,4)5)21-14-12-20(13-15-21)18-29-25(27(31)34-6)22-10-8-7-9-11-22/h7-15,17,19,25,29H,16,18H2,1-6H3,(H,32,33)/p-1/t25-/m0/s1. The number of carbonyl (C=O) groups excluding carboxylic acids is 1. The summed E-state index contributed by atoms with van der Waals surface area (Å²) in [5, 5.41) is 4.02. The molecule has 0 aliphatic carbocycles. The molecule has 0 bridgehead atoms. The van der Waals surface area contributed by atoms with Crippen molar-refractivity contribution in [3.63, 3.8) is 0 Å². The first-order valence-electron chi connectivity index (χ1n) is 12.0. The summed E-state index contributed by atoms with van der Waals surface area (Å²) in [6, 6.07) is 19.0. The number of hydrogen-bond acceptors (Lipinski definition) is 6. The molecule has 8 heteroatoms. The molecule has 0 amide bonds. The van der Waals surface area contributed by atoms with Gasteiger partial charge < -0.3 is 9.29 Å². The maximum absolute atomic E-state index is 12.4. The van der Waals surface area contributed by atoms with E-state index in [0.29, 0.717) is 12.5 Å². The van der Waals surface area contributed by atoms with E-state index >= 15 is 0 Å². The topological polar surface area (TPSA) is 81.7 Å². The van der Waals surface area contributed by atoms with E-state index < -0.39 is 22.8 Å². The van der Waals surface area contributed by atoms with E-state index in [1.165, 1.54) is 22.8 Å². The van der Waals surface area contributed by atoms with Crippen LogP contribution in [0.3, 0.4) is 0 Å². The summed E-state index contributed by atoms with van der Waals surface area (Å²) in [6.45, 7) is 10.5. The summed E-state index contributed by atoms with van der Waals surface area (Å²) < 4.78 is 31.0. The fourth-order valence-corrected chi connectivity index (χ4v) is 6.47. The molecule has 2 aromatic carbocycles. The second kappa shape index (κ2) is 12.1. The highest BCUT2D eigenvalue weighted by Gasteiger charge is 2.28. The maximum atomic E-state index is 12.4. The van der Waals surface area contributed by atoms with Gasteiger partial charge in [0.05, 0.1) is 7.11 Å². The van der Waals surface area contributed by atoms with Crippen LogP contribution in [-0.2, 0) is 33.8 Å². The van der Waals surface area contributed by atoms with Crippen molar-refractivity contribution in [3.8, 4) is 11.1 Å². The Bertz CT molecular complexity index is 1170. The van der Waals surface area contributed by atoms with Crippen LogP contribution < -0.4 is 9.62 Å². The Morgan fingerprint density at radius 2 is 1.75 bits per heavy atom. The minimum Gasteiger partial charge on any atom is -0.755 e. The molecule has 36 heavy (non-hydrogen) atoms. The van der Waals surface area contributed by atoms with Gasteiger partial charge in [0.25, 0.3) is 0 Å².